The van der Waals surface area contributed by atoms with Gasteiger partial charge in [0.05, 0.1) is 6.54 Å². The molecule has 5 nitrogen and oxygen atoms in total. The number of carbonyl (C=O) groups is 1. The maximum atomic E-state index is 12.0. The van der Waals surface area contributed by atoms with Crippen molar-refractivity contribution in [2.24, 2.45) is 5.41 Å². The molecule has 0 radical (unpaired) electrons. The number of amides is 2. The first kappa shape index (κ1) is 17.2. The van der Waals surface area contributed by atoms with E-state index in [4.69, 9.17) is 4.74 Å². The number of urea groups is 1. The molecule has 0 saturated heterocycles. The van der Waals surface area contributed by atoms with Crippen molar-refractivity contribution in [1.29, 1.82) is 0 Å². The lowest BCUT2D eigenvalue weighted by molar-refractivity contribution is 0.0605. The predicted octanol–water partition coefficient (Wildman–Crippen LogP) is 2.46. The summed E-state index contributed by atoms with van der Waals surface area (Å²) >= 11 is 1.49. The van der Waals surface area contributed by atoms with E-state index in [0.717, 1.165) is 30.7 Å². The second kappa shape index (κ2) is 7.44. The van der Waals surface area contributed by atoms with Crippen molar-refractivity contribution in [3.63, 3.8) is 0 Å². The summed E-state index contributed by atoms with van der Waals surface area (Å²) in [7, 11) is 1.71. The van der Waals surface area contributed by atoms with Gasteiger partial charge < -0.3 is 20.5 Å². The monoisotopic (exact) mass is 326 g/mol. The third kappa shape index (κ3) is 4.44. The molecule has 124 valence electrons. The first-order valence-corrected chi connectivity index (χ1v) is 8.62. The lowest BCUT2D eigenvalue weighted by Gasteiger charge is -2.42. The van der Waals surface area contributed by atoms with Gasteiger partial charge in [-0.05, 0) is 43.0 Å². The van der Waals surface area contributed by atoms with E-state index in [2.05, 4.69) is 10.6 Å². The third-order valence-corrected chi connectivity index (χ3v) is 5.64. The molecular weight excluding hydrogens is 300 g/mol. The molecule has 1 saturated carbocycles. The summed E-state index contributed by atoms with van der Waals surface area (Å²) < 4.78 is 5.15. The first-order chi connectivity index (χ1) is 10.5. The predicted molar refractivity (Wildman–Crippen MR) is 88.1 cm³/mol. The number of hydrogen-bond acceptors (Lipinski definition) is 4. The van der Waals surface area contributed by atoms with Crippen LogP contribution in [-0.2, 0) is 10.3 Å². The maximum Gasteiger partial charge on any atom is 0.314 e. The minimum atomic E-state index is -1.03. The van der Waals surface area contributed by atoms with Gasteiger partial charge in [-0.2, -0.15) is 0 Å². The van der Waals surface area contributed by atoms with Gasteiger partial charge in [-0.3, -0.25) is 0 Å². The number of carbonyl (C=O) groups excluding carboxylic acids is 1. The van der Waals surface area contributed by atoms with E-state index in [0.29, 0.717) is 6.54 Å². The quantitative estimate of drug-likeness (QED) is 0.687. The maximum absolute atomic E-state index is 12.0. The van der Waals surface area contributed by atoms with E-state index in [1.54, 1.807) is 14.0 Å². The van der Waals surface area contributed by atoms with Crippen LogP contribution < -0.4 is 10.6 Å². The Morgan fingerprint density at radius 2 is 2.27 bits per heavy atom. The lowest BCUT2D eigenvalue weighted by Crippen LogP contribution is -2.48. The van der Waals surface area contributed by atoms with Crippen molar-refractivity contribution in [3.8, 4) is 0 Å². The molecule has 1 aliphatic carbocycles. The molecule has 0 aliphatic heterocycles. The van der Waals surface area contributed by atoms with Crippen molar-refractivity contribution in [3.05, 3.63) is 22.4 Å². The second-order valence-corrected chi connectivity index (χ2v) is 7.33. The zero-order valence-electron chi connectivity index (χ0n) is 13.4. The van der Waals surface area contributed by atoms with E-state index in [1.807, 2.05) is 17.5 Å². The van der Waals surface area contributed by atoms with Gasteiger partial charge in [0.2, 0.25) is 0 Å². The van der Waals surface area contributed by atoms with Crippen LogP contribution >= 0.6 is 11.3 Å². The number of rotatable bonds is 8. The standard InChI is InChI=1S/C16H26N2O3S/c1-15(20,13-5-3-10-22-13)11-17-14(19)18-12-16(6-4-7-16)8-9-21-2/h3,5,10,20H,4,6-9,11-12H2,1-2H3,(H2,17,18,19). The number of aliphatic hydroxyl groups is 1. The van der Waals surface area contributed by atoms with Gasteiger partial charge in [-0.15, -0.1) is 11.3 Å². The van der Waals surface area contributed by atoms with Crippen LogP contribution in [0.25, 0.3) is 0 Å². The molecule has 0 spiro atoms. The number of nitrogens with one attached hydrogen (secondary N) is 2. The van der Waals surface area contributed by atoms with Crippen LogP contribution in [0.15, 0.2) is 17.5 Å². The molecular formula is C16H26N2O3S. The molecule has 1 fully saturated rings. The lowest BCUT2D eigenvalue weighted by atomic mass is 9.67. The van der Waals surface area contributed by atoms with Crippen molar-refractivity contribution in [2.75, 3.05) is 26.8 Å². The Hall–Kier alpha value is -1.11. The molecule has 0 bridgehead atoms. The highest BCUT2D eigenvalue weighted by Crippen LogP contribution is 2.43. The Morgan fingerprint density at radius 1 is 1.50 bits per heavy atom. The topological polar surface area (TPSA) is 70.6 Å². The van der Waals surface area contributed by atoms with Crippen LogP contribution in [0.4, 0.5) is 4.79 Å². The van der Waals surface area contributed by atoms with E-state index >= 15 is 0 Å². The molecule has 1 aromatic heterocycles. The molecule has 1 atom stereocenters. The molecule has 1 aromatic rings. The largest absolute Gasteiger partial charge is 0.385 e. The SMILES string of the molecule is COCCC1(CNC(=O)NCC(C)(O)c2cccs2)CCC1. The summed E-state index contributed by atoms with van der Waals surface area (Å²) in [6, 6.07) is 3.55. The molecule has 2 amide bonds. The van der Waals surface area contributed by atoms with Crippen molar-refractivity contribution >= 4 is 17.4 Å². The fourth-order valence-corrected chi connectivity index (χ4v) is 3.55. The molecule has 22 heavy (non-hydrogen) atoms. The Balaban J connectivity index is 1.74. The average Bonchev–Trinajstić information content (AvgIpc) is 2.99. The summed E-state index contributed by atoms with van der Waals surface area (Å²) in [6.07, 6.45) is 4.49. The highest BCUT2D eigenvalue weighted by Gasteiger charge is 2.36. The Morgan fingerprint density at radius 3 is 2.82 bits per heavy atom. The average molecular weight is 326 g/mol. The number of methoxy groups -OCH3 is 1. The van der Waals surface area contributed by atoms with E-state index in [9.17, 15) is 9.90 Å². The fraction of sp³-hybridized carbons (Fsp3) is 0.688. The Kier molecular flexibility index (Phi) is 5.83. The Labute approximate surface area is 136 Å². The van der Waals surface area contributed by atoms with Gasteiger partial charge in [-0.1, -0.05) is 12.5 Å². The van der Waals surface area contributed by atoms with Gasteiger partial charge in [-0.25, -0.2) is 4.79 Å². The van der Waals surface area contributed by atoms with Gasteiger partial charge >= 0.3 is 6.03 Å². The van der Waals surface area contributed by atoms with E-state index < -0.39 is 5.60 Å². The van der Waals surface area contributed by atoms with Crippen molar-refractivity contribution < 1.29 is 14.6 Å². The van der Waals surface area contributed by atoms with Gasteiger partial charge in [0.25, 0.3) is 0 Å². The van der Waals surface area contributed by atoms with Crippen LogP contribution in [0.3, 0.4) is 0 Å². The van der Waals surface area contributed by atoms with Crippen LogP contribution in [-0.4, -0.2) is 37.9 Å². The van der Waals surface area contributed by atoms with Gasteiger partial charge in [0.15, 0.2) is 0 Å². The zero-order chi connectivity index (χ0) is 16.1. The van der Waals surface area contributed by atoms with Crippen molar-refractivity contribution in [1.82, 2.24) is 10.6 Å². The van der Waals surface area contributed by atoms with E-state index in [-0.39, 0.29) is 18.0 Å². The van der Waals surface area contributed by atoms with Gasteiger partial charge in [0, 0.05) is 25.1 Å². The smallest absolute Gasteiger partial charge is 0.314 e. The first-order valence-electron chi connectivity index (χ1n) is 7.74. The third-order valence-electron chi connectivity index (χ3n) is 4.52. The van der Waals surface area contributed by atoms with Crippen molar-refractivity contribution in [2.45, 2.75) is 38.2 Å². The normalized spacial score (nSPS) is 19.0. The molecule has 6 heteroatoms. The number of hydrogen-bond donors (Lipinski definition) is 3. The molecule has 1 unspecified atom stereocenters. The molecule has 2 rings (SSSR count). The highest BCUT2D eigenvalue weighted by atomic mass is 32.1. The number of thiophene rings is 1. The minimum Gasteiger partial charge on any atom is -0.385 e. The highest BCUT2D eigenvalue weighted by molar-refractivity contribution is 7.10. The summed E-state index contributed by atoms with van der Waals surface area (Å²) in [5, 5.41) is 18.0. The zero-order valence-corrected chi connectivity index (χ0v) is 14.2. The van der Waals surface area contributed by atoms with Crippen LogP contribution in [0, 0.1) is 5.41 Å². The second-order valence-electron chi connectivity index (χ2n) is 6.38. The molecule has 3 N–H and O–H groups in total. The summed E-state index contributed by atoms with van der Waals surface area (Å²) in [5.74, 6) is 0. The van der Waals surface area contributed by atoms with Crippen LogP contribution in [0.5, 0.6) is 0 Å². The summed E-state index contributed by atoms with van der Waals surface area (Å²) in [4.78, 5) is 12.8. The minimum absolute atomic E-state index is 0.198. The van der Waals surface area contributed by atoms with E-state index in [1.165, 1.54) is 17.8 Å². The Bertz CT molecular complexity index is 470. The molecule has 1 heterocycles. The molecule has 1 aliphatic rings. The van der Waals surface area contributed by atoms with Gasteiger partial charge in [0.1, 0.15) is 5.60 Å². The molecule has 0 aromatic carbocycles. The van der Waals surface area contributed by atoms with Crippen LogP contribution in [0.2, 0.25) is 0 Å². The fourth-order valence-electron chi connectivity index (χ4n) is 2.77. The number of ether oxygens (including phenoxy) is 1. The van der Waals surface area contributed by atoms with Crippen LogP contribution in [0.1, 0.15) is 37.5 Å². The summed E-state index contributed by atoms with van der Waals surface area (Å²) in [6.45, 7) is 3.31. The summed E-state index contributed by atoms with van der Waals surface area (Å²) in [5.41, 5.74) is -0.834.